The Morgan fingerprint density at radius 1 is 1.50 bits per heavy atom. The Morgan fingerprint density at radius 3 is 2.19 bits per heavy atom. The van der Waals surface area contributed by atoms with Crippen LogP contribution in [0, 0.1) is 11.8 Å². The monoisotopic (exact) mass is 227 g/mol. The molecule has 1 rings (SSSR count). The fraction of sp³-hybridized carbons (Fsp3) is 0.636. The van der Waals surface area contributed by atoms with E-state index in [0.717, 1.165) is 0 Å². The van der Waals surface area contributed by atoms with Crippen molar-refractivity contribution in [2.75, 3.05) is 6.61 Å². The molecule has 0 saturated carbocycles. The number of carbonyl (C=O) groups excluding carboxylic acids is 2. The lowest BCUT2D eigenvalue weighted by atomic mass is 10.1. The number of hydroxylamine groups is 2. The summed E-state index contributed by atoms with van der Waals surface area (Å²) < 4.78 is 4.47. The van der Waals surface area contributed by atoms with Crippen LogP contribution in [0.1, 0.15) is 34.6 Å². The predicted octanol–water partition coefficient (Wildman–Crippen LogP) is 1.72. The first-order chi connectivity index (χ1) is 7.32. The first-order valence-corrected chi connectivity index (χ1v) is 4.94. The molecule has 1 amide bonds. The Balaban J connectivity index is 0.000000281. The summed E-state index contributed by atoms with van der Waals surface area (Å²) in [5.41, 5.74) is -0.156. The summed E-state index contributed by atoms with van der Waals surface area (Å²) >= 11 is 0. The van der Waals surface area contributed by atoms with Crippen molar-refractivity contribution in [3.63, 3.8) is 0 Å². The highest BCUT2D eigenvalue weighted by atomic mass is 16.9. The van der Waals surface area contributed by atoms with Gasteiger partial charge in [0.05, 0.1) is 12.1 Å². The molecule has 1 aliphatic heterocycles. The third kappa shape index (κ3) is 5.91. The molecule has 16 heavy (non-hydrogen) atoms. The van der Waals surface area contributed by atoms with Crippen molar-refractivity contribution in [1.82, 2.24) is 5.06 Å². The molecule has 5 nitrogen and oxygen atoms in total. The predicted molar refractivity (Wildman–Crippen MR) is 58.2 cm³/mol. The van der Waals surface area contributed by atoms with Crippen molar-refractivity contribution in [3.8, 4) is 11.8 Å². The Kier molecular flexibility index (Phi) is 5.37. The molecule has 0 aromatic carbocycles. The van der Waals surface area contributed by atoms with Crippen LogP contribution in [0.3, 0.4) is 0 Å². The van der Waals surface area contributed by atoms with Gasteiger partial charge < -0.3 is 9.57 Å². The molecular weight excluding hydrogens is 210 g/mol. The fourth-order valence-corrected chi connectivity index (χ4v) is 0.738. The number of amides is 1. The standard InChI is InChI=1S/C6H8O2.C5H9NO2/c1-3-5-6(7)8-4-2;1-5(2,3)6-4(7)8-6/h4H2,1-2H3;1-3H3. The van der Waals surface area contributed by atoms with Crippen LogP contribution < -0.4 is 0 Å². The largest absolute Gasteiger partial charge is 0.468 e. The molecule has 0 spiro atoms. The maximum absolute atomic E-state index is 10.2. The summed E-state index contributed by atoms with van der Waals surface area (Å²) in [7, 11) is 0. The summed E-state index contributed by atoms with van der Waals surface area (Å²) in [6, 6.07) is 0. The molecule has 0 aromatic rings. The summed E-state index contributed by atoms with van der Waals surface area (Å²) in [5.74, 6) is 4.21. The molecule has 0 aliphatic carbocycles. The minimum atomic E-state index is -0.449. The molecule has 1 saturated heterocycles. The normalized spacial score (nSPS) is 12.6. The van der Waals surface area contributed by atoms with Gasteiger partial charge in [0.25, 0.3) is 0 Å². The minimum Gasteiger partial charge on any atom is -0.456 e. The number of rotatable bonds is 1. The first-order valence-electron chi connectivity index (χ1n) is 4.94. The fourth-order valence-electron chi connectivity index (χ4n) is 0.738. The Morgan fingerprint density at radius 2 is 2.00 bits per heavy atom. The van der Waals surface area contributed by atoms with Gasteiger partial charge in [-0.05, 0) is 34.6 Å². The smallest absolute Gasteiger partial charge is 0.456 e. The van der Waals surface area contributed by atoms with Crippen LogP contribution in [-0.4, -0.2) is 29.3 Å². The molecule has 0 N–H and O–H groups in total. The second kappa shape index (κ2) is 6.01. The average molecular weight is 227 g/mol. The molecule has 90 valence electrons. The van der Waals surface area contributed by atoms with Crippen molar-refractivity contribution in [2.24, 2.45) is 0 Å². The topological polar surface area (TPSA) is 58.9 Å². The molecule has 0 atom stereocenters. The SMILES string of the molecule is CC#CC(=O)OCC.CC(C)(C)N1OC1=O. The maximum Gasteiger partial charge on any atom is 0.468 e. The van der Waals surface area contributed by atoms with E-state index in [2.05, 4.69) is 21.4 Å². The quantitative estimate of drug-likeness (QED) is 0.296. The van der Waals surface area contributed by atoms with Crippen LogP contribution in [0.2, 0.25) is 0 Å². The molecule has 0 bridgehead atoms. The zero-order valence-corrected chi connectivity index (χ0v) is 10.3. The molecule has 1 fully saturated rings. The van der Waals surface area contributed by atoms with Gasteiger partial charge in [0.2, 0.25) is 0 Å². The number of carbonyl (C=O) groups is 2. The number of hydrogen-bond donors (Lipinski definition) is 0. The van der Waals surface area contributed by atoms with Crippen LogP contribution in [-0.2, 0) is 14.4 Å². The van der Waals surface area contributed by atoms with Crippen LogP contribution in [0.4, 0.5) is 4.79 Å². The van der Waals surface area contributed by atoms with Gasteiger partial charge in [0, 0.05) is 5.92 Å². The van der Waals surface area contributed by atoms with Crippen LogP contribution in [0.25, 0.3) is 0 Å². The van der Waals surface area contributed by atoms with Crippen molar-refractivity contribution in [2.45, 2.75) is 40.2 Å². The lowest BCUT2D eigenvalue weighted by molar-refractivity contribution is -0.136. The van der Waals surface area contributed by atoms with E-state index in [0.29, 0.717) is 6.61 Å². The number of esters is 1. The molecule has 0 unspecified atom stereocenters. The van der Waals surface area contributed by atoms with Crippen LogP contribution in [0.15, 0.2) is 0 Å². The van der Waals surface area contributed by atoms with Gasteiger partial charge in [-0.3, -0.25) is 0 Å². The minimum absolute atomic E-state index is 0.156. The Labute approximate surface area is 95.7 Å². The van der Waals surface area contributed by atoms with E-state index in [1.165, 1.54) is 5.06 Å². The van der Waals surface area contributed by atoms with Crippen molar-refractivity contribution < 1.29 is 19.2 Å². The van der Waals surface area contributed by atoms with E-state index < -0.39 is 5.97 Å². The summed E-state index contributed by atoms with van der Waals surface area (Å²) in [4.78, 5) is 25.0. The van der Waals surface area contributed by atoms with Crippen LogP contribution in [0.5, 0.6) is 0 Å². The Hall–Kier alpha value is -1.70. The highest BCUT2D eigenvalue weighted by Gasteiger charge is 2.44. The highest BCUT2D eigenvalue weighted by molar-refractivity contribution is 5.88. The highest BCUT2D eigenvalue weighted by Crippen LogP contribution is 2.24. The maximum atomic E-state index is 10.2. The molecule has 1 heterocycles. The molecule has 0 aromatic heterocycles. The Bertz CT molecular complexity index is 319. The van der Waals surface area contributed by atoms with Gasteiger partial charge >= 0.3 is 12.1 Å². The van der Waals surface area contributed by atoms with E-state index in [1.807, 2.05) is 20.8 Å². The van der Waals surface area contributed by atoms with E-state index in [-0.39, 0.29) is 11.6 Å². The van der Waals surface area contributed by atoms with E-state index >= 15 is 0 Å². The molecule has 5 heteroatoms. The first kappa shape index (κ1) is 14.3. The van der Waals surface area contributed by atoms with Crippen molar-refractivity contribution in [3.05, 3.63) is 0 Å². The van der Waals surface area contributed by atoms with E-state index in [1.54, 1.807) is 13.8 Å². The molecule has 1 aliphatic rings. The van der Waals surface area contributed by atoms with Crippen LogP contribution >= 0.6 is 0 Å². The van der Waals surface area contributed by atoms with Crippen molar-refractivity contribution in [1.29, 1.82) is 0 Å². The van der Waals surface area contributed by atoms with Gasteiger partial charge in [0.1, 0.15) is 0 Å². The summed E-state index contributed by atoms with van der Waals surface area (Å²) in [6.07, 6.45) is -0.225. The van der Waals surface area contributed by atoms with E-state index in [4.69, 9.17) is 0 Å². The number of nitrogens with zero attached hydrogens (tertiary/aromatic N) is 1. The van der Waals surface area contributed by atoms with E-state index in [9.17, 15) is 9.59 Å². The van der Waals surface area contributed by atoms with Gasteiger partial charge in [0.15, 0.2) is 0 Å². The zero-order valence-electron chi connectivity index (χ0n) is 10.3. The summed E-state index contributed by atoms with van der Waals surface area (Å²) in [5, 5.41) is 1.34. The van der Waals surface area contributed by atoms with Gasteiger partial charge in [-0.1, -0.05) is 5.92 Å². The van der Waals surface area contributed by atoms with Gasteiger partial charge in [-0.2, -0.15) is 0 Å². The third-order valence-electron chi connectivity index (χ3n) is 1.41. The number of ether oxygens (including phenoxy) is 1. The lowest BCUT2D eigenvalue weighted by Crippen LogP contribution is -2.25. The average Bonchev–Trinajstić information content (AvgIpc) is 2.84. The number of hydrogen-bond acceptors (Lipinski definition) is 4. The summed E-state index contributed by atoms with van der Waals surface area (Å²) in [6.45, 7) is 9.48. The van der Waals surface area contributed by atoms with Gasteiger partial charge in [-0.15, -0.1) is 5.06 Å². The molecule has 0 radical (unpaired) electrons. The zero-order chi connectivity index (χ0) is 12.8. The molecular formula is C11H17NO4. The lowest BCUT2D eigenvalue weighted by Gasteiger charge is -2.12. The van der Waals surface area contributed by atoms with Gasteiger partial charge in [-0.25, -0.2) is 9.59 Å². The second-order valence-corrected chi connectivity index (χ2v) is 3.92. The second-order valence-electron chi connectivity index (χ2n) is 3.92. The third-order valence-corrected chi connectivity index (χ3v) is 1.41. The van der Waals surface area contributed by atoms with Crippen molar-refractivity contribution >= 4 is 12.1 Å².